The first-order valence-electron chi connectivity index (χ1n) is 5.47. The number of hydrogen-bond donors (Lipinski definition) is 2. The Labute approximate surface area is 85.2 Å². The second-order valence-electron chi connectivity index (χ2n) is 4.12. The van der Waals surface area contributed by atoms with Gasteiger partial charge in [-0.2, -0.15) is 0 Å². The average molecular weight is 192 g/mol. The molecule has 1 aliphatic heterocycles. The molecule has 14 heavy (non-hydrogen) atoms. The number of quaternary nitrogens is 1. The Morgan fingerprint density at radius 2 is 1.79 bits per heavy atom. The highest BCUT2D eigenvalue weighted by molar-refractivity contribution is 5.30. The van der Waals surface area contributed by atoms with Gasteiger partial charge in [0, 0.05) is 5.56 Å². The largest absolute Gasteiger partial charge is 0.507 e. The van der Waals surface area contributed by atoms with Gasteiger partial charge in [0.2, 0.25) is 0 Å². The molecule has 0 aromatic heterocycles. The van der Waals surface area contributed by atoms with Crippen molar-refractivity contribution in [2.75, 3.05) is 13.1 Å². The van der Waals surface area contributed by atoms with Gasteiger partial charge in [-0.1, -0.05) is 12.1 Å². The Kier molecular flexibility index (Phi) is 3.04. The minimum atomic E-state index is 0.450. The standard InChI is InChI=1S/C12H17NO/c14-12-7-3-2-6-11(12)10-13-8-4-1-5-9-13/h2-3,6-7,14H,1,4-5,8-10H2/p+1. The van der Waals surface area contributed by atoms with Crippen molar-refractivity contribution in [2.45, 2.75) is 25.8 Å². The highest BCUT2D eigenvalue weighted by atomic mass is 16.3. The molecule has 1 aromatic rings. The predicted octanol–water partition coefficient (Wildman–Crippen LogP) is 0.961. The first-order chi connectivity index (χ1) is 6.86. The van der Waals surface area contributed by atoms with Crippen molar-refractivity contribution < 1.29 is 10.0 Å². The van der Waals surface area contributed by atoms with E-state index >= 15 is 0 Å². The van der Waals surface area contributed by atoms with Crippen molar-refractivity contribution >= 4 is 0 Å². The number of aromatic hydroxyl groups is 1. The maximum absolute atomic E-state index is 9.63. The van der Waals surface area contributed by atoms with Gasteiger partial charge in [-0.05, 0) is 31.4 Å². The molecular formula is C12H18NO+. The van der Waals surface area contributed by atoms with E-state index < -0.39 is 0 Å². The zero-order chi connectivity index (χ0) is 9.80. The lowest BCUT2D eigenvalue weighted by Crippen LogP contribution is -3.11. The van der Waals surface area contributed by atoms with Gasteiger partial charge in [0.25, 0.3) is 0 Å². The third-order valence-corrected chi connectivity index (χ3v) is 2.99. The topological polar surface area (TPSA) is 24.7 Å². The smallest absolute Gasteiger partial charge is 0.124 e. The summed E-state index contributed by atoms with van der Waals surface area (Å²) < 4.78 is 0. The average Bonchev–Trinajstić information content (AvgIpc) is 2.23. The quantitative estimate of drug-likeness (QED) is 0.717. The van der Waals surface area contributed by atoms with Crippen molar-refractivity contribution in [2.24, 2.45) is 0 Å². The van der Waals surface area contributed by atoms with Crippen LogP contribution in [0.1, 0.15) is 24.8 Å². The van der Waals surface area contributed by atoms with E-state index in [0.717, 1.165) is 12.1 Å². The summed E-state index contributed by atoms with van der Waals surface area (Å²) in [7, 11) is 0. The number of piperidine rings is 1. The Morgan fingerprint density at radius 3 is 2.50 bits per heavy atom. The van der Waals surface area contributed by atoms with Gasteiger partial charge >= 0.3 is 0 Å². The Balaban J connectivity index is 1.99. The molecule has 2 heteroatoms. The van der Waals surface area contributed by atoms with Crippen LogP contribution in [0.5, 0.6) is 5.75 Å². The summed E-state index contributed by atoms with van der Waals surface area (Å²) in [5, 5.41) is 9.63. The van der Waals surface area contributed by atoms with Gasteiger partial charge in [-0.3, -0.25) is 0 Å². The van der Waals surface area contributed by atoms with Crippen LogP contribution in [-0.4, -0.2) is 18.2 Å². The molecule has 0 bridgehead atoms. The Hall–Kier alpha value is -1.02. The number of likely N-dealkylation sites (tertiary alicyclic amines) is 1. The molecular weight excluding hydrogens is 174 g/mol. The number of nitrogens with one attached hydrogen (secondary N) is 1. The minimum absolute atomic E-state index is 0.450. The van der Waals surface area contributed by atoms with E-state index in [1.165, 1.54) is 32.4 Å². The summed E-state index contributed by atoms with van der Waals surface area (Å²) >= 11 is 0. The SMILES string of the molecule is Oc1ccccc1C[NH+]1CCCCC1. The summed E-state index contributed by atoms with van der Waals surface area (Å²) in [6, 6.07) is 7.68. The van der Waals surface area contributed by atoms with E-state index in [0.29, 0.717) is 5.75 Å². The van der Waals surface area contributed by atoms with Crippen LogP contribution in [0.2, 0.25) is 0 Å². The zero-order valence-corrected chi connectivity index (χ0v) is 8.50. The lowest BCUT2D eigenvalue weighted by atomic mass is 10.1. The van der Waals surface area contributed by atoms with Crippen LogP contribution in [0.15, 0.2) is 24.3 Å². The Bertz CT molecular complexity index is 292. The summed E-state index contributed by atoms with van der Waals surface area (Å²) in [6.45, 7) is 3.50. The molecule has 0 amide bonds. The lowest BCUT2D eigenvalue weighted by molar-refractivity contribution is -0.918. The van der Waals surface area contributed by atoms with Crippen LogP contribution in [0.25, 0.3) is 0 Å². The maximum Gasteiger partial charge on any atom is 0.124 e. The number of phenolic OH excluding ortho intramolecular Hbond substituents is 1. The van der Waals surface area contributed by atoms with Crippen LogP contribution in [-0.2, 0) is 6.54 Å². The van der Waals surface area contributed by atoms with Crippen molar-refractivity contribution in [3.63, 3.8) is 0 Å². The van der Waals surface area contributed by atoms with Crippen LogP contribution in [0, 0.1) is 0 Å². The molecule has 0 saturated carbocycles. The van der Waals surface area contributed by atoms with Gasteiger partial charge in [0.1, 0.15) is 12.3 Å². The van der Waals surface area contributed by atoms with Gasteiger partial charge in [-0.25, -0.2) is 0 Å². The van der Waals surface area contributed by atoms with E-state index in [1.807, 2.05) is 18.2 Å². The number of phenols is 1. The van der Waals surface area contributed by atoms with Gasteiger partial charge in [0.05, 0.1) is 13.1 Å². The molecule has 0 aliphatic carbocycles. The summed E-state index contributed by atoms with van der Waals surface area (Å²) in [5.41, 5.74) is 1.09. The molecule has 1 fully saturated rings. The molecule has 1 aliphatic rings. The molecule has 1 aromatic carbocycles. The molecule has 0 spiro atoms. The summed E-state index contributed by atoms with van der Waals surface area (Å²) in [6.07, 6.45) is 4.05. The monoisotopic (exact) mass is 192 g/mol. The molecule has 2 N–H and O–H groups in total. The fourth-order valence-corrected chi connectivity index (χ4v) is 2.16. The van der Waals surface area contributed by atoms with Crippen molar-refractivity contribution in [1.29, 1.82) is 0 Å². The second kappa shape index (κ2) is 4.47. The molecule has 2 nitrogen and oxygen atoms in total. The van der Waals surface area contributed by atoms with E-state index in [1.54, 1.807) is 11.0 Å². The van der Waals surface area contributed by atoms with Crippen LogP contribution < -0.4 is 4.90 Å². The number of rotatable bonds is 2. The third kappa shape index (κ3) is 2.26. The minimum Gasteiger partial charge on any atom is -0.507 e. The van der Waals surface area contributed by atoms with Crippen molar-refractivity contribution in [1.82, 2.24) is 0 Å². The molecule has 0 radical (unpaired) electrons. The highest BCUT2D eigenvalue weighted by Crippen LogP contribution is 2.14. The number of hydrogen-bond acceptors (Lipinski definition) is 1. The first kappa shape index (κ1) is 9.53. The van der Waals surface area contributed by atoms with E-state index in [-0.39, 0.29) is 0 Å². The van der Waals surface area contributed by atoms with Crippen molar-refractivity contribution in [3.8, 4) is 5.75 Å². The van der Waals surface area contributed by atoms with Crippen molar-refractivity contribution in [3.05, 3.63) is 29.8 Å². The Morgan fingerprint density at radius 1 is 1.07 bits per heavy atom. The molecule has 1 saturated heterocycles. The van der Waals surface area contributed by atoms with E-state index in [9.17, 15) is 5.11 Å². The van der Waals surface area contributed by atoms with Gasteiger partial charge in [0.15, 0.2) is 0 Å². The molecule has 0 atom stereocenters. The zero-order valence-electron chi connectivity index (χ0n) is 8.50. The number of para-hydroxylation sites is 1. The molecule has 2 rings (SSSR count). The predicted molar refractivity (Wildman–Crippen MR) is 56.4 cm³/mol. The fourth-order valence-electron chi connectivity index (χ4n) is 2.16. The van der Waals surface area contributed by atoms with Crippen LogP contribution in [0.3, 0.4) is 0 Å². The van der Waals surface area contributed by atoms with Crippen LogP contribution in [0.4, 0.5) is 0 Å². The van der Waals surface area contributed by atoms with Gasteiger partial charge in [-0.15, -0.1) is 0 Å². The van der Waals surface area contributed by atoms with Crippen LogP contribution >= 0.6 is 0 Å². The molecule has 76 valence electrons. The highest BCUT2D eigenvalue weighted by Gasteiger charge is 2.14. The first-order valence-corrected chi connectivity index (χ1v) is 5.47. The fraction of sp³-hybridized carbons (Fsp3) is 0.500. The molecule has 1 heterocycles. The van der Waals surface area contributed by atoms with Gasteiger partial charge < -0.3 is 10.0 Å². The lowest BCUT2D eigenvalue weighted by Gasteiger charge is -2.23. The van der Waals surface area contributed by atoms with E-state index in [2.05, 4.69) is 0 Å². The normalized spacial score (nSPS) is 18.3. The summed E-state index contributed by atoms with van der Waals surface area (Å²) in [4.78, 5) is 1.61. The third-order valence-electron chi connectivity index (χ3n) is 2.99. The molecule has 0 unspecified atom stereocenters. The van der Waals surface area contributed by atoms with E-state index in [4.69, 9.17) is 0 Å². The second-order valence-corrected chi connectivity index (χ2v) is 4.12. The number of benzene rings is 1. The maximum atomic E-state index is 9.63. The summed E-state index contributed by atoms with van der Waals surface area (Å²) in [5.74, 6) is 0.450.